The molecule has 0 radical (unpaired) electrons. The molecule has 16 heavy (non-hydrogen) atoms. The molecule has 0 aliphatic rings. The van der Waals surface area contributed by atoms with Crippen LogP contribution in [-0.2, 0) is 14.2 Å². The SMILES string of the molecule is COC(=O)C[C@H](N=CB=O)c1csc(C)n1. The van der Waals surface area contributed by atoms with Crippen LogP contribution in [0.2, 0.25) is 0 Å². The van der Waals surface area contributed by atoms with E-state index in [-0.39, 0.29) is 12.4 Å². The molecule has 0 amide bonds. The molecule has 1 aromatic heterocycles. The van der Waals surface area contributed by atoms with Crippen LogP contribution in [0.1, 0.15) is 23.2 Å². The number of nitrogens with zero attached hydrogens (tertiary/aromatic N) is 2. The van der Waals surface area contributed by atoms with Gasteiger partial charge in [-0.2, -0.15) is 0 Å². The molecule has 1 atom stereocenters. The number of esters is 1. The van der Waals surface area contributed by atoms with E-state index in [4.69, 9.17) is 0 Å². The second kappa shape index (κ2) is 6.27. The van der Waals surface area contributed by atoms with Crippen LogP contribution in [0.5, 0.6) is 0 Å². The zero-order chi connectivity index (χ0) is 12.0. The second-order valence-corrected chi connectivity index (χ2v) is 4.08. The average molecular weight is 238 g/mol. The van der Waals surface area contributed by atoms with E-state index in [0.717, 1.165) is 11.1 Å². The first-order valence-electron chi connectivity index (χ1n) is 4.63. The van der Waals surface area contributed by atoms with Crippen molar-refractivity contribution in [2.75, 3.05) is 7.11 Å². The second-order valence-electron chi connectivity index (χ2n) is 3.02. The molecule has 0 spiro atoms. The number of hydrogen-bond donors (Lipinski definition) is 0. The molecule has 0 aliphatic heterocycles. The molecular formula is C9H11BN2O3S. The van der Waals surface area contributed by atoms with Gasteiger partial charge in [-0.1, -0.05) is 0 Å². The van der Waals surface area contributed by atoms with Crippen molar-refractivity contribution in [3.8, 4) is 0 Å². The summed E-state index contributed by atoms with van der Waals surface area (Å²) >= 11 is 1.48. The van der Waals surface area contributed by atoms with Crippen LogP contribution in [0.25, 0.3) is 0 Å². The molecule has 1 aromatic rings. The molecule has 0 saturated heterocycles. The Hall–Kier alpha value is -1.37. The van der Waals surface area contributed by atoms with Crippen LogP contribution in [0.4, 0.5) is 0 Å². The molecule has 0 aromatic carbocycles. The van der Waals surface area contributed by atoms with Crippen LogP contribution >= 0.6 is 11.3 Å². The molecule has 5 nitrogen and oxygen atoms in total. The Balaban J connectivity index is 2.82. The number of ether oxygens (including phenoxy) is 1. The summed E-state index contributed by atoms with van der Waals surface area (Å²) < 4.78 is 14.8. The fourth-order valence-corrected chi connectivity index (χ4v) is 1.81. The van der Waals surface area contributed by atoms with Gasteiger partial charge in [0.1, 0.15) is 0 Å². The number of carbonyl (C=O) groups excluding carboxylic acids is 1. The summed E-state index contributed by atoms with van der Waals surface area (Å²) in [5.74, 6) is -0.376. The third-order valence-electron chi connectivity index (χ3n) is 1.89. The summed E-state index contributed by atoms with van der Waals surface area (Å²) in [6.07, 6.45) is 1.21. The first-order chi connectivity index (χ1) is 7.67. The third-order valence-corrected chi connectivity index (χ3v) is 2.68. The standard InChI is InChI=1S/C9H11BN2O3S/c1-6-12-8(4-16-6)7(11-5-10-14)3-9(13)15-2/h4-5,7H,3H2,1-2H3/t7-/m0/s1. The molecule has 0 unspecified atom stereocenters. The predicted molar refractivity (Wildman–Crippen MR) is 61.2 cm³/mol. The fourth-order valence-electron chi connectivity index (χ4n) is 1.15. The summed E-state index contributed by atoms with van der Waals surface area (Å²) in [6, 6.07) is -0.442. The van der Waals surface area contributed by atoms with Crippen LogP contribution in [0.3, 0.4) is 0 Å². The molecule has 7 heteroatoms. The van der Waals surface area contributed by atoms with Crippen LogP contribution in [-0.4, -0.2) is 31.3 Å². The minimum atomic E-state index is -0.442. The van der Waals surface area contributed by atoms with Gasteiger partial charge in [-0.05, 0) is 0 Å². The number of hydrogen-bond acceptors (Lipinski definition) is 6. The average Bonchev–Trinajstić information content (AvgIpc) is 2.70. The van der Waals surface area contributed by atoms with Gasteiger partial charge in [0.05, 0.1) is 0 Å². The van der Waals surface area contributed by atoms with E-state index < -0.39 is 6.04 Å². The van der Waals surface area contributed by atoms with Crippen LogP contribution in [0, 0.1) is 6.92 Å². The monoisotopic (exact) mass is 238 g/mol. The zero-order valence-corrected chi connectivity index (χ0v) is 9.86. The third kappa shape index (κ3) is 3.65. The van der Waals surface area contributed by atoms with E-state index >= 15 is 0 Å². The molecule has 0 fully saturated rings. The van der Waals surface area contributed by atoms with Gasteiger partial charge in [-0.3, -0.25) is 0 Å². The van der Waals surface area contributed by atoms with E-state index in [1.807, 2.05) is 12.3 Å². The van der Waals surface area contributed by atoms with Gasteiger partial charge in [0.25, 0.3) is 0 Å². The molecule has 0 aliphatic carbocycles. The Kier molecular flexibility index (Phi) is 4.98. The van der Waals surface area contributed by atoms with Gasteiger partial charge in [0.2, 0.25) is 0 Å². The summed E-state index contributed by atoms with van der Waals surface area (Å²) in [5.41, 5.74) is 0.686. The van der Waals surface area contributed by atoms with Crippen molar-refractivity contribution in [2.24, 2.45) is 4.99 Å². The Morgan fingerprint density at radius 1 is 1.81 bits per heavy atom. The van der Waals surface area contributed by atoms with E-state index in [1.165, 1.54) is 18.4 Å². The number of rotatable bonds is 5. The fraction of sp³-hybridized carbons (Fsp3) is 0.444. The summed E-state index contributed by atoms with van der Waals surface area (Å²) in [6.45, 7) is 1.87. The van der Waals surface area contributed by atoms with Gasteiger partial charge in [0, 0.05) is 0 Å². The number of thiazole rings is 1. The normalized spacial score (nSPS) is 12.4. The molecule has 0 bridgehead atoms. The number of aryl methyl sites for hydroxylation is 1. The van der Waals surface area contributed by atoms with E-state index in [9.17, 15) is 9.50 Å². The van der Waals surface area contributed by atoms with Crippen molar-refractivity contribution in [3.63, 3.8) is 0 Å². The minimum absolute atomic E-state index is 0.0873. The number of carbonyl (C=O) groups is 1. The van der Waals surface area contributed by atoms with Crippen molar-refractivity contribution in [2.45, 2.75) is 19.4 Å². The maximum absolute atomic E-state index is 11.2. The molecule has 0 saturated carbocycles. The molecular weight excluding hydrogens is 227 g/mol. The first-order valence-corrected chi connectivity index (χ1v) is 5.51. The Bertz CT molecular complexity index is 405. The quantitative estimate of drug-likeness (QED) is 0.438. The first kappa shape index (κ1) is 12.7. The zero-order valence-electron chi connectivity index (χ0n) is 9.04. The van der Waals surface area contributed by atoms with E-state index in [0.29, 0.717) is 12.8 Å². The van der Waals surface area contributed by atoms with Gasteiger partial charge in [-0.25, -0.2) is 0 Å². The summed E-state index contributed by atoms with van der Waals surface area (Å²) in [4.78, 5) is 19.4. The molecule has 0 N–H and O–H groups in total. The Morgan fingerprint density at radius 2 is 2.56 bits per heavy atom. The topological polar surface area (TPSA) is 68.6 Å². The van der Waals surface area contributed by atoms with Crippen molar-refractivity contribution < 1.29 is 14.2 Å². The van der Waals surface area contributed by atoms with Gasteiger partial charge in [-0.15, -0.1) is 0 Å². The van der Waals surface area contributed by atoms with Gasteiger partial charge < -0.3 is 0 Å². The van der Waals surface area contributed by atoms with Crippen molar-refractivity contribution in [1.82, 2.24) is 4.98 Å². The van der Waals surface area contributed by atoms with Crippen molar-refractivity contribution >= 4 is 30.6 Å². The van der Waals surface area contributed by atoms with Crippen molar-refractivity contribution in [1.29, 1.82) is 0 Å². The molecule has 1 heterocycles. The number of aliphatic imine (C=N–C) groups is 1. The van der Waals surface area contributed by atoms with Gasteiger partial charge >= 0.3 is 97.4 Å². The predicted octanol–water partition coefficient (Wildman–Crippen LogP) is 1.13. The molecule has 84 valence electrons. The Morgan fingerprint density at radius 3 is 3.06 bits per heavy atom. The Labute approximate surface area is 97.8 Å². The molecule has 1 rings (SSSR count). The maximum atomic E-state index is 11.2. The van der Waals surface area contributed by atoms with E-state index in [2.05, 4.69) is 14.7 Å². The number of aromatic nitrogens is 1. The van der Waals surface area contributed by atoms with Crippen LogP contribution in [0.15, 0.2) is 10.4 Å². The van der Waals surface area contributed by atoms with E-state index in [1.54, 1.807) is 0 Å². The van der Waals surface area contributed by atoms with Gasteiger partial charge in [0.15, 0.2) is 0 Å². The summed E-state index contributed by atoms with van der Waals surface area (Å²) in [5, 5.41) is 2.72. The van der Waals surface area contributed by atoms with Crippen molar-refractivity contribution in [3.05, 3.63) is 16.1 Å². The van der Waals surface area contributed by atoms with Crippen LogP contribution < -0.4 is 0 Å². The number of methoxy groups -OCH3 is 1. The summed E-state index contributed by atoms with van der Waals surface area (Å²) in [7, 11) is 1.89.